The van der Waals surface area contributed by atoms with Gasteiger partial charge in [0.15, 0.2) is 0 Å². The second-order valence-electron chi connectivity index (χ2n) is 4.92. The molecule has 1 saturated heterocycles. The predicted octanol–water partition coefficient (Wildman–Crippen LogP) is -0.159. The molecule has 20 heavy (non-hydrogen) atoms. The Balaban J connectivity index is 2.01. The second-order valence-corrected chi connectivity index (χ2v) is 4.92. The second kappa shape index (κ2) is 6.53. The molecule has 0 aromatic carbocycles. The van der Waals surface area contributed by atoms with E-state index in [-0.39, 0.29) is 17.7 Å². The zero-order valence-electron chi connectivity index (χ0n) is 11.5. The number of hydrogen-bond acceptors (Lipinski definition) is 5. The molecule has 2 amide bonds. The van der Waals surface area contributed by atoms with Crippen molar-refractivity contribution in [1.82, 2.24) is 15.6 Å². The van der Waals surface area contributed by atoms with Crippen molar-refractivity contribution in [2.24, 2.45) is 11.8 Å². The van der Waals surface area contributed by atoms with E-state index in [1.54, 1.807) is 13.1 Å². The van der Waals surface area contributed by atoms with Crippen LogP contribution < -0.4 is 16.6 Å². The first-order chi connectivity index (χ1) is 9.65. The monoisotopic (exact) mass is 280 g/mol. The van der Waals surface area contributed by atoms with Crippen LogP contribution in [0.15, 0.2) is 16.7 Å². The van der Waals surface area contributed by atoms with E-state index in [0.29, 0.717) is 24.4 Å². The smallest absolute Gasteiger partial charge is 0.268 e. The summed E-state index contributed by atoms with van der Waals surface area (Å²) in [5.41, 5.74) is 2.54. The maximum absolute atomic E-state index is 11.7. The molecule has 7 heteroatoms. The van der Waals surface area contributed by atoms with Crippen LogP contribution in [0.25, 0.3) is 0 Å². The van der Waals surface area contributed by atoms with E-state index < -0.39 is 0 Å². The van der Waals surface area contributed by atoms with Crippen LogP contribution in [-0.4, -0.2) is 36.9 Å². The van der Waals surface area contributed by atoms with Gasteiger partial charge in [-0.1, -0.05) is 0 Å². The number of nitrogens with two attached hydrogens (primary N) is 1. The summed E-state index contributed by atoms with van der Waals surface area (Å²) in [6, 6.07) is 1.59. The summed E-state index contributed by atoms with van der Waals surface area (Å²) < 4.78 is 5.35. The highest BCUT2D eigenvalue weighted by Gasteiger charge is 2.26. The highest BCUT2D eigenvalue weighted by Crippen LogP contribution is 2.20. The van der Waals surface area contributed by atoms with Crippen LogP contribution in [0, 0.1) is 5.92 Å². The number of piperidine rings is 1. The van der Waals surface area contributed by atoms with Gasteiger partial charge in [-0.05, 0) is 25.5 Å². The lowest BCUT2D eigenvalue weighted by Gasteiger charge is -2.31. The molecule has 0 radical (unpaired) electrons. The Hall–Kier alpha value is -1.86. The molecule has 1 fully saturated rings. The summed E-state index contributed by atoms with van der Waals surface area (Å²) in [6.07, 6.45) is 3.32. The molecular formula is C13H20N4O3. The van der Waals surface area contributed by atoms with Crippen molar-refractivity contribution < 1.29 is 14.0 Å². The van der Waals surface area contributed by atoms with Gasteiger partial charge >= 0.3 is 0 Å². The molecule has 1 aromatic rings. The highest BCUT2D eigenvalue weighted by molar-refractivity contribution is 5.94. The molecule has 1 atom stereocenters. The Morgan fingerprint density at radius 2 is 2.35 bits per heavy atom. The first-order valence-electron chi connectivity index (χ1n) is 6.67. The largest absolute Gasteiger partial charge is 0.467 e. The summed E-state index contributed by atoms with van der Waals surface area (Å²) in [5.74, 6) is 5.40. The molecular weight excluding hydrogens is 260 g/mol. The third kappa shape index (κ3) is 3.17. The average Bonchev–Trinajstić information content (AvgIpc) is 2.94. The van der Waals surface area contributed by atoms with Gasteiger partial charge in [0.25, 0.3) is 5.91 Å². The van der Waals surface area contributed by atoms with Crippen molar-refractivity contribution in [2.75, 3.05) is 20.1 Å². The van der Waals surface area contributed by atoms with Crippen LogP contribution in [0.5, 0.6) is 0 Å². The third-order valence-corrected chi connectivity index (χ3v) is 3.61. The molecule has 0 saturated carbocycles. The third-order valence-electron chi connectivity index (χ3n) is 3.61. The van der Waals surface area contributed by atoms with Gasteiger partial charge in [0, 0.05) is 13.6 Å². The number of nitrogens with one attached hydrogen (secondary N) is 2. The Labute approximate surface area is 117 Å². The lowest BCUT2D eigenvalue weighted by Crippen LogP contribution is -2.42. The van der Waals surface area contributed by atoms with E-state index in [2.05, 4.69) is 15.6 Å². The number of rotatable bonds is 4. The highest BCUT2D eigenvalue weighted by atomic mass is 16.3. The van der Waals surface area contributed by atoms with Crippen LogP contribution in [-0.2, 0) is 11.3 Å². The minimum atomic E-state index is -0.367. The van der Waals surface area contributed by atoms with E-state index in [4.69, 9.17) is 10.3 Å². The standard InChI is InChI=1S/C13H20N4O3/c1-15-12(18)9-3-2-5-17(7-9)8-11-10(4-6-20-11)13(19)16-14/h4,6,9H,2-3,5,7-8,14H2,1H3,(H,15,18)(H,16,19). The molecule has 0 spiro atoms. The van der Waals surface area contributed by atoms with Crippen molar-refractivity contribution in [3.05, 3.63) is 23.7 Å². The number of carbonyl (C=O) groups is 2. The Morgan fingerprint density at radius 1 is 1.55 bits per heavy atom. The molecule has 1 aliphatic heterocycles. The number of likely N-dealkylation sites (tertiary alicyclic amines) is 1. The lowest BCUT2D eigenvalue weighted by atomic mass is 9.97. The van der Waals surface area contributed by atoms with Crippen LogP contribution in [0.1, 0.15) is 29.0 Å². The fourth-order valence-corrected chi connectivity index (χ4v) is 2.56. The fraction of sp³-hybridized carbons (Fsp3) is 0.538. The van der Waals surface area contributed by atoms with Crippen molar-refractivity contribution >= 4 is 11.8 Å². The number of carbonyl (C=O) groups excluding carboxylic acids is 2. The van der Waals surface area contributed by atoms with E-state index in [0.717, 1.165) is 19.4 Å². The number of amides is 2. The van der Waals surface area contributed by atoms with Crippen LogP contribution in [0.3, 0.4) is 0 Å². The van der Waals surface area contributed by atoms with Gasteiger partial charge in [-0.3, -0.25) is 19.9 Å². The molecule has 2 rings (SSSR count). The Morgan fingerprint density at radius 3 is 3.05 bits per heavy atom. The predicted molar refractivity (Wildman–Crippen MR) is 72.4 cm³/mol. The molecule has 7 nitrogen and oxygen atoms in total. The van der Waals surface area contributed by atoms with Crippen molar-refractivity contribution in [3.63, 3.8) is 0 Å². The topological polar surface area (TPSA) is 101 Å². The molecule has 4 N–H and O–H groups in total. The zero-order valence-corrected chi connectivity index (χ0v) is 11.5. The van der Waals surface area contributed by atoms with Gasteiger partial charge < -0.3 is 9.73 Å². The van der Waals surface area contributed by atoms with E-state index in [1.807, 2.05) is 0 Å². The van der Waals surface area contributed by atoms with Gasteiger partial charge in [0.05, 0.1) is 24.3 Å². The number of furan rings is 1. The first kappa shape index (κ1) is 14.5. The van der Waals surface area contributed by atoms with Crippen molar-refractivity contribution in [3.8, 4) is 0 Å². The Kier molecular flexibility index (Phi) is 4.75. The van der Waals surface area contributed by atoms with Crippen molar-refractivity contribution in [1.29, 1.82) is 0 Å². The van der Waals surface area contributed by atoms with Gasteiger partial charge in [0.1, 0.15) is 5.76 Å². The first-order valence-corrected chi connectivity index (χ1v) is 6.67. The van der Waals surface area contributed by atoms with Gasteiger partial charge in [-0.15, -0.1) is 0 Å². The number of hydrazine groups is 1. The average molecular weight is 280 g/mol. The SMILES string of the molecule is CNC(=O)C1CCCN(Cc2occc2C(=O)NN)C1. The molecule has 2 heterocycles. The van der Waals surface area contributed by atoms with Crippen molar-refractivity contribution in [2.45, 2.75) is 19.4 Å². The maximum atomic E-state index is 11.7. The number of nitrogens with zero attached hydrogens (tertiary/aromatic N) is 1. The van der Waals surface area contributed by atoms with Crippen LogP contribution >= 0.6 is 0 Å². The summed E-state index contributed by atoms with van der Waals surface area (Å²) >= 11 is 0. The lowest BCUT2D eigenvalue weighted by molar-refractivity contribution is -0.126. The molecule has 0 aliphatic carbocycles. The van der Waals surface area contributed by atoms with Crippen LogP contribution in [0.2, 0.25) is 0 Å². The molecule has 0 bridgehead atoms. The van der Waals surface area contributed by atoms with Gasteiger partial charge in [-0.25, -0.2) is 5.84 Å². The van der Waals surface area contributed by atoms with Gasteiger partial charge in [-0.2, -0.15) is 0 Å². The summed E-state index contributed by atoms with van der Waals surface area (Å²) in [5, 5.41) is 2.68. The van der Waals surface area contributed by atoms with E-state index in [9.17, 15) is 9.59 Å². The van der Waals surface area contributed by atoms with Crippen LogP contribution in [0.4, 0.5) is 0 Å². The van der Waals surface area contributed by atoms with E-state index in [1.165, 1.54) is 6.26 Å². The maximum Gasteiger partial charge on any atom is 0.268 e. The minimum absolute atomic E-state index is 0.00417. The summed E-state index contributed by atoms with van der Waals surface area (Å²) in [4.78, 5) is 25.4. The van der Waals surface area contributed by atoms with Gasteiger partial charge in [0.2, 0.25) is 5.91 Å². The normalized spacial score (nSPS) is 19.6. The Bertz CT molecular complexity index is 486. The molecule has 1 aromatic heterocycles. The summed E-state index contributed by atoms with van der Waals surface area (Å²) in [6.45, 7) is 2.06. The fourth-order valence-electron chi connectivity index (χ4n) is 2.56. The molecule has 1 unspecified atom stereocenters. The number of nitrogen functional groups attached to an aromatic ring is 1. The summed E-state index contributed by atoms with van der Waals surface area (Å²) in [7, 11) is 1.65. The quantitative estimate of drug-likeness (QED) is 0.404. The zero-order chi connectivity index (χ0) is 14.5. The minimum Gasteiger partial charge on any atom is -0.467 e. The van der Waals surface area contributed by atoms with E-state index >= 15 is 0 Å². The molecule has 110 valence electrons. The molecule has 1 aliphatic rings. The number of hydrogen-bond donors (Lipinski definition) is 3.